The van der Waals surface area contributed by atoms with Gasteiger partial charge in [-0.15, -0.1) is 0 Å². The van der Waals surface area contributed by atoms with E-state index >= 15 is 0 Å². The van der Waals surface area contributed by atoms with E-state index in [2.05, 4.69) is 5.32 Å². The summed E-state index contributed by atoms with van der Waals surface area (Å²) in [6.07, 6.45) is 2.98. The Bertz CT molecular complexity index is 727. The molecule has 24 heavy (non-hydrogen) atoms. The Labute approximate surface area is 141 Å². The first-order valence-electron chi connectivity index (χ1n) is 8.30. The zero-order chi connectivity index (χ0) is 16.9. The van der Waals surface area contributed by atoms with E-state index in [0.717, 1.165) is 30.4 Å². The largest absolute Gasteiger partial charge is 0.480 e. The minimum Gasteiger partial charge on any atom is -0.480 e. The lowest BCUT2D eigenvalue weighted by molar-refractivity contribution is -0.142. The lowest BCUT2D eigenvalue weighted by Gasteiger charge is -2.26. The molecule has 1 unspecified atom stereocenters. The summed E-state index contributed by atoms with van der Waals surface area (Å²) in [5, 5.41) is 12.2. The molecule has 2 aromatic rings. The summed E-state index contributed by atoms with van der Waals surface area (Å²) < 4.78 is 0. The van der Waals surface area contributed by atoms with E-state index in [1.165, 1.54) is 5.56 Å². The number of fused-ring (bicyclic) bond motifs is 1. The van der Waals surface area contributed by atoms with E-state index in [1.807, 2.05) is 54.6 Å². The molecule has 2 atom stereocenters. The van der Waals surface area contributed by atoms with E-state index in [0.29, 0.717) is 0 Å². The van der Waals surface area contributed by atoms with Crippen molar-refractivity contribution in [3.05, 3.63) is 71.3 Å². The van der Waals surface area contributed by atoms with Gasteiger partial charge in [0, 0.05) is 6.42 Å². The molecule has 0 saturated carbocycles. The van der Waals surface area contributed by atoms with Crippen LogP contribution < -0.4 is 5.32 Å². The SMILES string of the molecule is O=C(N[C@@H](Cc1ccccc1)C(=O)O)C1CCCc2ccccc21. The Balaban J connectivity index is 1.74. The molecule has 0 spiro atoms. The summed E-state index contributed by atoms with van der Waals surface area (Å²) in [7, 11) is 0. The van der Waals surface area contributed by atoms with Crippen LogP contribution in [-0.4, -0.2) is 23.0 Å². The molecule has 0 saturated heterocycles. The molecule has 2 N–H and O–H groups in total. The van der Waals surface area contributed by atoms with Gasteiger partial charge in [-0.1, -0.05) is 54.6 Å². The zero-order valence-corrected chi connectivity index (χ0v) is 13.4. The van der Waals surface area contributed by atoms with Crippen LogP contribution >= 0.6 is 0 Å². The van der Waals surface area contributed by atoms with Crippen LogP contribution in [0.5, 0.6) is 0 Å². The number of nitrogens with one attached hydrogen (secondary N) is 1. The number of rotatable bonds is 5. The molecule has 0 fully saturated rings. The fourth-order valence-corrected chi connectivity index (χ4v) is 3.35. The van der Waals surface area contributed by atoms with E-state index in [1.54, 1.807) is 0 Å². The van der Waals surface area contributed by atoms with Gasteiger partial charge in [-0.3, -0.25) is 4.79 Å². The maximum Gasteiger partial charge on any atom is 0.326 e. The van der Waals surface area contributed by atoms with Crippen molar-refractivity contribution < 1.29 is 14.7 Å². The summed E-state index contributed by atoms with van der Waals surface area (Å²) in [6, 6.07) is 16.4. The Morgan fingerprint density at radius 1 is 1.08 bits per heavy atom. The van der Waals surface area contributed by atoms with Crippen molar-refractivity contribution in [3.8, 4) is 0 Å². The van der Waals surface area contributed by atoms with Crippen LogP contribution in [0.25, 0.3) is 0 Å². The van der Waals surface area contributed by atoms with Gasteiger partial charge < -0.3 is 10.4 Å². The molecule has 0 aliphatic heterocycles. The number of aliphatic carboxylic acids is 1. The van der Waals surface area contributed by atoms with Crippen LogP contribution in [0.1, 0.15) is 35.4 Å². The van der Waals surface area contributed by atoms with Crippen molar-refractivity contribution >= 4 is 11.9 Å². The van der Waals surface area contributed by atoms with E-state index in [-0.39, 0.29) is 18.2 Å². The van der Waals surface area contributed by atoms with Gasteiger partial charge in [-0.2, -0.15) is 0 Å². The maximum atomic E-state index is 12.7. The fraction of sp³-hybridized carbons (Fsp3) is 0.300. The van der Waals surface area contributed by atoms with E-state index in [9.17, 15) is 14.7 Å². The molecule has 0 aromatic heterocycles. The third kappa shape index (κ3) is 3.65. The van der Waals surface area contributed by atoms with Crippen LogP contribution in [0.4, 0.5) is 0 Å². The fourth-order valence-electron chi connectivity index (χ4n) is 3.35. The van der Waals surface area contributed by atoms with Crippen molar-refractivity contribution in [2.45, 2.75) is 37.6 Å². The summed E-state index contributed by atoms with van der Waals surface area (Å²) in [4.78, 5) is 24.2. The van der Waals surface area contributed by atoms with Gasteiger partial charge in [0.25, 0.3) is 0 Å². The van der Waals surface area contributed by atoms with Crippen LogP contribution in [0.3, 0.4) is 0 Å². The van der Waals surface area contributed by atoms with Crippen molar-refractivity contribution in [1.82, 2.24) is 5.32 Å². The minimum atomic E-state index is -1.00. The molecule has 1 amide bonds. The topological polar surface area (TPSA) is 66.4 Å². The zero-order valence-electron chi connectivity index (χ0n) is 13.4. The number of hydrogen-bond acceptors (Lipinski definition) is 2. The number of amides is 1. The summed E-state index contributed by atoms with van der Waals surface area (Å²) in [5.74, 6) is -1.45. The van der Waals surface area contributed by atoms with E-state index in [4.69, 9.17) is 0 Å². The highest BCUT2D eigenvalue weighted by molar-refractivity contribution is 5.88. The number of benzene rings is 2. The molecule has 3 rings (SSSR count). The highest BCUT2D eigenvalue weighted by Gasteiger charge is 2.29. The Morgan fingerprint density at radius 2 is 1.79 bits per heavy atom. The predicted molar refractivity (Wildman–Crippen MR) is 91.8 cm³/mol. The highest BCUT2D eigenvalue weighted by Crippen LogP contribution is 2.31. The molecule has 0 bridgehead atoms. The monoisotopic (exact) mass is 323 g/mol. The predicted octanol–water partition coefficient (Wildman–Crippen LogP) is 2.92. The van der Waals surface area contributed by atoms with Gasteiger partial charge in [0.2, 0.25) is 5.91 Å². The second-order valence-electron chi connectivity index (χ2n) is 6.23. The van der Waals surface area contributed by atoms with E-state index < -0.39 is 12.0 Å². The first kappa shape index (κ1) is 16.2. The van der Waals surface area contributed by atoms with Crippen LogP contribution in [-0.2, 0) is 22.4 Å². The second-order valence-corrected chi connectivity index (χ2v) is 6.23. The Morgan fingerprint density at radius 3 is 2.54 bits per heavy atom. The van der Waals surface area contributed by atoms with Crippen LogP contribution in [0.2, 0.25) is 0 Å². The Kier molecular flexibility index (Phi) is 4.94. The quantitative estimate of drug-likeness (QED) is 0.889. The molecule has 4 nitrogen and oxygen atoms in total. The first-order valence-corrected chi connectivity index (χ1v) is 8.30. The molecule has 124 valence electrons. The minimum absolute atomic E-state index is 0.189. The summed E-state index contributed by atoms with van der Waals surface area (Å²) in [5.41, 5.74) is 3.12. The molecule has 1 aliphatic carbocycles. The number of carbonyl (C=O) groups excluding carboxylic acids is 1. The second kappa shape index (κ2) is 7.30. The van der Waals surface area contributed by atoms with Gasteiger partial charge in [0.1, 0.15) is 6.04 Å². The molecular formula is C20H21NO3. The van der Waals surface area contributed by atoms with Crippen molar-refractivity contribution in [1.29, 1.82) is 0 Å². The smallest absolute Gasteiger partial charge is 0.326 e. The first-order chi connectivity index (χ1) is 11.6. The standard InChI is InChI=1S/C20H21NO3/c22-19(17-12-6-10-15-9-4-5-11-16(15)17)21-18(20(23)24)13-14-7-2-1-3-8-14/h1-5,7-9,11,17-18H,6,10,12-13H2,(H,21,22)(H,23,24)/t17?,18-/m0/s1. The molecule has 0 heterocycles. The average molecular weight is 323 g/mol. The Hall–Kier alpha value is -2.62. The average Bonchev–Trinajstić information content (AvgIpc) is 2.61. The van der Waals surface area contributed by atoms with Crippen LogP contribution in [0.15, 0.2) is 54.6 Å². The number of hydrogen-bond donors (Lipinski definition) is 2. The summed E-state index contributed by atoms with van der Waals surface area (Å²) in [6.45, 7) is 0. The lowest BCUT2D eigenvalue weighted by Crippen LogP contribution is -2.44. The number of carboxylic acid groups (broad SMARTS) is 1. The van der Waals surface area contributed by atoms with Crippen molar-refractivity contribution in [3.63, 3.8) is 0 Å². The number of carboxylic acids is 1. The van der Waals surface area contributed by atoms with Gasteiger partial charge in [0.05, 0.1) is 5.92 Å². The molecular weight excluding hydrogens is 302 g/mol. The normalized spacial score (nSPS) is 17.6. The van der Waals surface area contributed by atoms with Gasteiger partial charge in [-0.25, -0.2) is 4.79 Å². The number of carbonyl (C=O) groups is 2. The maximum absolute atomic E-state index is 12.7. The van der Waals surface area contributed by atoms with Crippen LogP contribution in [0, 0.1) is 0 Å². The summed E-state index contributed by atoms with van der Waals surface area (Å²) >= 11 is 0. The number of aryl methyl sites for hydroxylation is 1. The van der Waals surface area contributed by atoms with Gasteiger partial charge in [-0.05, 0) is 36.0 Å². The van der Waals surface area contributed by atoms with Gasteiger partial charge in [0.15, 0.2) is 0 Å². The molecule has 2 aromatic carbocycles. The van der Waals surface area contributed by atoms with Crippen molar-refractivity contribution in [2.75, 3.05) is 0 Å². The van der Waals surface area contributed by atoms with Crippen molar-refractivity contribution in [2.24, 2.45) is 0 Å². The third-order valence-corrected chi connectivity index (χ3v) is 4.58. The third-order valence-electron chi connectivity index (χ3n) is 4.58. The van der Waals surface area contributed by atoms with Gasteiger partial charge >= 0.3 is 5.97 Å². The highest BCUT2D eigenvalue weighted by atomic mass is 16.4. The molecule has 0 radical (unpaired) electrons. The molecule has 4 heteroatoms. The molecule has 1 aliphatic rings. The lowest BCUT2D eigenvalue weighted by atomic mass is 9.82.